The molecule has 0 aliphatic heterocycles. The molecule has 0 atom stereocenters. The van der Waals surface area contributed by atoms with Gasteiger partial charge in [0.15, 0.2) is 5.43 Å². The summed E-state index contributed by atoms with van der Waals surface area (Å²) >= 11 is 6.20. The van der Waals surface area contributed by atoms with Gasteiger partial charge in [0.05, 0.1) is 10.4 Å². The van der Waals surface area contributed by atoms with Crippen LogP contribution in [0.4, 0.5) is 5.69 Å². The van der Waals surface area contributed by atoms with Crippen LogP contribution in [0.1, 0.15) is 15.9 Å². The van der Waals surface area contributed by atoms with Crippen LogP contribution in [0.2, 0.25) is 5.02 Å². The lowest BCUT2D eigenvalue weighted by atomic mass is 10.1. The van der Waals surface area contributed by atoms with Crippen molar-refractivity contribution in [1.29, 1.82) is 0 Å². The van der Waals surface area contributed by atoms with Gasteiger partial charge in [0.25, 0.3) is 5.91 Å². The molecule has 1 aromatic heterocycles. The number of nitrogens with one attached hydrogen (secondary N) is 1. The largest absolute Gasteiger partial charge is 0.456 e. The fourth-order valence-corrected chi connectivity index (χ4v) is 3.16. The molecule has 0 unspecified atom stereocenters. The highest BCUT2D eigenvalue weighted by Crippen LogP contribution is 2.29. The van der Waals surface area contributed by atoms with Crippen molar-refractivity contribution in [2.24, 2.45) is 0 Å². The molecule has 4 nitrogen and oxygen atoms in total. The van der Waals surface area contributed by atoms with Crippen LogP contribution in [0.5, 0.6) is 0 Å². The van der Waals surface area contributed by atoms with E-state index in [0.29, 0.717) is 38.6 Å². The Balaban J connectivity index is 1.68. The Bertz CT molecular complexity index is 1240. The number of rotatable bonds is 3. The van der Waals surface area contributed by atoms with Gasteiger partial charge in [-0.25, -0.2) is 0 Å². The van der Waals surface area contributed by atoms with Crippen LogP contribution in [0, 0.1) is 6.92 Å². The van der Waals surface area contributed by atoms with Crippen LogP contribution in [0.25, 0.3) is 22.3 Å². The van der Waals surface area contributed by atoms with Gasteiger partial charge in [-0.15, -0.1) is 0 Å². The average molecular weight is 390 g/mol. The summed E-state index contributed by atoms with van der Waals surface area (Å²) in [7, 11) is 0. The molecular weight excluding hydrogens is 374 g/mol. The minimum absolute atomic E-state index is 0.206. The Morgan fingerprint density at radius 1 is 0.964 bits per heavy atom. The summed E-state index contributed by atoms with van der Waals surface area (Å²) in [6.07, 6.45) is 0. The van der Waals surface area contributed by atoms with E-state index in [1.165, 1.54) is 6.07 Å². The molecule has 0 fully saturated rings. The standard InChI is InChI=1S/C23H16ClNO3/c1-14-6-8-15(9-7-14)23(27)25-16-10-11-21-18(12-16)20(26)13-22(28-21)17-4-2-3-5-19(17)24/h2-13H,1H3,(H,25,27). The lowest BCUT2D eigenvalue weighted by molar-refractivity contribution is 0.102. The van der Waals surface area contributed by atoms with E-state index < -0.39 is 0 Å². The summed E-state index contributed by atoms with van der Waals surface area (Å²) in [4.78, 5) is 25.0. The average Bonchev–Trinajstić information content (AvgIpc) is 2.69. The predicted octanol–water partition coefficient (Wildman–Crippen LogP) is 5.67. The minimum atomic E-state index is -0.239. The molecule has 1 amide bonds. The molecule has 4 aromatic rings. The van der Waals surface area contributed by atoms with Crippen LogP contribution in [0.3, 0.4) is 0 Å². The number of halogens is 1. The van der Waals surface area contributed by atoms with Crippen LogP contribution >= 0.6 is 11.6 Å². The second-order valence-electron chi connectivity index (χ2n) is 6.49. The second-order valence-corrected chi connectivity index (χ2v) is 6.89. The van der Waals surface area contributed by atoms with E-state index in [1.54, 1.807) is 42.5 Å². The molecule has 5 heteroatoms. The molecule has 0 saturated heterocycles. The zero-order valence-electron chi connectivity index (χ0n) is 15.0. The topological polar surface area (TPSA) is 59.3 Å². The number of amides is 1. The fraction of sp³-hybridized carbons (Fsp3) is 0.0435. The fourth-order valence-electron chi connectivity index (χ4n) is 2.94. The summed E-state index contributed by atoms with van der Waals surface area (Å²) in [6.45, 7) is 1.96. The van der Waals surface area contributed by atoms with E-state index in [2.05, 4.69) is 5.32 Å². The van der Waals surface area contributed by atoms with Crippen molar-refractivity contribution >= 4 is 34.2 Å². The normalized spacial score (nSPS) is 10.8. The van der Waals surface area contributed by atoms with Gasteiger partial charge in [-0.2, -0.15) is 0 Å². The van der Waals surface area contributed by atoms with Crippen molar-refractivity contribution in [1.82, 2.24) is 0 Å². The zero-order chi connectivity index (χ0) is 19.7. The third-order valence-corrected chi connectivity index (χ3v) is 4.77. The first-order chi connectivity index (χ1) is 13.5. The zero-order valence-corrected chi connectivity index (χ0v) is 15.8. The Hall–Kier alpha value is -3.37. The predicted molar refractivity (Wildman–Crippen MR) is 112 cm³/mol. The van der Waals surface area contributed by atoms with Gasteiger partial charge in [-0.05, 0) is 49.4 Å². The van der Waals surface area contributed by atoms with Gasteiger partial charge in [0, 0.05) is 22.9 Å². The molecule has 0 spiro atoms. The molecule has 138 valence electrons. The number of aryl methyl sites for hydroxylation is 1. The van der Waals surface area contributed by atoms with E-state index in [9.17, 15) is 9.59 Å². The van der Waals surface area contributed by atoms with Crippen LogP contribution < -0.4 is 10.7 Å². The maximum atomic E-state index is 12.6. The van der Waals surface area contributed by atoms with Crippen molar-refractivity contribution in [3.05, 3.63) is 99.2 Å². The van der Waals surface area contributed by atoms with Crippen molar-refractivity contribution in [2.75, 3.05) is 5.32 Å². The smallest absolute Gasteiger partial charge is 0.255 e. The number of fused-ring (bicyclic) bond motifs is 1. The highest BCUT2D eigenvalue weighted by Gasteiger charge is 2.11. The molecule has 3 aromatic carbocycles. The van der Waals surface area contributed by atoms with Crippen molar-refractivity contribution in [3.8, 4) is 11.3 Å². The van der Waals surface area contributed by atoms with Gasteiger partial charge in [-0.1, -0.05) is 41.4 Å². The molecular formula is C23H16ClNO3. The molecule has 0 aliphatic rings. The molecule has 0 saturated carbocycles. The van der Waals surface area contributed by atoms with E-state index in [1.807, 2.05) is 31.2 Å². The summed E-state index contributed by atoms with van der Waals surface area (Å²) in [6, 6.07) is 20.8. The second kappa shape index (κ2) is 7.33. The van der Waals surface area contributed by atoms with Gasteiger partial charge < -0.3 is 9.73 Å². The molecule has 4 rings (SSSR count). The molecule has 0 radical (unpaired) electrons. The Morgan fingerprint density at radius 3 is 2.46 bits per heavy atom. The maximum absolute atomic E-state index is 12.6. The first-order valence-electron chi connectivity index (χ1n) is 8.72. The summed E-state index contributed by atoms with van der Waals surface area (Å²) in [5, 5.41) is 3.70. The highest BCUT2D eigenvalue weighted by atomic mass is 35.5. The van der Waals surface area contributed by atoms with E-state index in [4.69, 9.17) is 16.0 Å². The van der Waals surface area contributed by atoms with Gasteiger partial charge in [0.2, 0.25) is 0 Å². The van der Waals surface area contributed by atoms with Crippen LogP contribution in [0.15, 0.2) is 82.0 Å². The summed E-state index contributed by atoms with van der Waals surface area (Å²) in [5.41, 5.74) is 3.02. The number of hydrogen-bond donors (Lipinski definition) is 1. The summed E-state index contributed by atoms with van der Waals surface area (Å²) < 4.78 is 5.87. The van der Waals surface area contributed by atoms with Crippen LogP contribution in [-0.2, 0) is 0 Å². The molecule has 1 heterocycles. The number of carbonyl (C=O) groups excluding carboxylic acids is 1. The molecule has 0 aliphatic carbocycles. The van der Waals surface area contributed by atoms with E-state index in [-0.39, 0.29) is 11.3 Å². The van der Waals surface area contributed by atoms with Crippen molar-refractivity contribution in [2.45, 2.75) is 6.92 Å². The number of carbonyl (C=O) groups is 1. The maximum Gasteiger partial charge on any atom is 0.255 e. The number of benzene rings is 3. The molecule has 1 N–H and O–H groups in total. The molecule has 0 bridgehead atoms. The quantitative estimate of drug-likeness (QED) is 0.490. The monoisotopic (exact) mass is 389 g/mol. The Labute approximate surface area is 166 Å². The Morgan fingerprint density at radius 2 is 1.71 bits per heavy atom. The van der Waals surface area contributed by atoms with Crippen LogP contribution in [-0.4, -0.2) is 5.91 Å². The van der Waals surface area contributed by atoms with Crippen molar-refractivity contribution < 1.29 is 9.21 Å². The first kappa shape index (κ1) is 18.0. The lowest BCUT2D eigenvalue weighted by Gasteiger charge is -2.08. The minimum Gasteiger partial charge on any atom is -0.456 e. The van der Waals surface area contributed by atoms with Gasteiger partial charge in [0.1, 0.15) is 11.3 Å². The lowest BCUT2D eigenvalue weighted by Crippen LogP contribution is -2.12. The SMILES string of the molecule is Cc1ccc(C(=O)Nc2ccc3oc(-c4ccccc4Cl)cc(=O)c3c2)cc1. The third kappa shape index (κ3) is 3.55. The summed E-state index contributed by atoms with van der Waals surface area (Å²) in [5.74, 6) is 0.163. The Kier molecular flexibility index (Phi) is 4.72. The molecule has 28 heavy (non-hydrogen) atoms. The van der Waals surface area contributed by atoms with Crippen molar-refractivity contribution in [3.63, 3.8) is 0 Å². The van der Waals surface area contributed by atoms with Gasteiger partial charge >= 0.3 is 0 Å². The van der Waals surface area contributed by atoms with Gasteiger partial charge in [-0.3, -0.25) is 9.59 Å². The van der Waals surface area contributed by atoms with E-state index >= 15 is 0 Å². The van der Waals surface area contributed by atoms with E-state index in [0.717, 1.165) is 5.56 Å². The first-order valence-corrected chi connectivity index (χ1v) is 9.10. The number of hydrogen-bond acceptors (Lipinski definition) is 3. The number of anilines is 1. The highest BCUT2D eigenvalue weighted by molar-refractivity contribution is 6.33. The third-order valence-electron chi connectivity index (χ3n) is 4.44.